The molecule has 9 heteroatoms. The average Bonchev–Trinajstić information content (AvgIpc) is 3.27. The van der Waals surface area contributed by atoms with Gasteiger partial charge in [0.25, 0.3) is 0 Å². The van der Waals surface area contributed by atoms with Crippen LogP contribution in [0.5, 0.6) is 0 Å². The Labute approximate surface area is 209 Å². The van der Waals surface area contributed by atoms with Crippen LogP contribution in [0.4, 0.5) is 5.13 Å². The summed E-state index contributed by atoms with van der Waals surface area (Å²) in [5, 5.41) is 11.9. The van der Waals surface area contributed by atoms with Crippen LogP contribution in [0.25, 0.3) is 10.6 Å². The van der Waals surface area contributed by atoms with E-state index in [0.29, 0.717) is 21.3 Å². The predicted molar refractivity (Wildman–Crippen MR) is 139 cm³/mol. The number of aryl methyl sites for hydroxylation is 3. The largest absolute Gasteiger partial charge is 0.299 e. The smallest absolute Gasteiger partial charge is 0.244 e. The molecule has 0 spiro atoms. The summed E-state index contributed by atoms with van der Waals surface area (Å²) in [6.07, 6.45) is 0.181. The lowest BCUT2D eigenvalue weighted by molar-refractivity contribution is -0.117. The number of rotatable bonds is 8. The van der Waals surface area contributed by atoms with E-state index in [2.05, 4.69) is 20.2 Å². The minimum absolute atomic E-state index is 0.181. The maximum absolute atomic E-state index is 13.4. The molecule has 7 nitrogen and oxygen atoms in total. The molecule has 0 aliphatic rings. The van der Waals surface area contributed by atoms with Crippen molar-refractivity contribution in [1.29, 1.82) is 0 Å². The Morgan fingerprint density at radius 2 is 1.51 bits per heavy atom. The van der Waals surface area contributed by atoms with Crippen LogP contribution < -0.4 is 10.0 Å². The summed E-state index contributed by atoms with van der Waals surface area (Å²) in [6.45, 7) is 5.43. The van der Waals surface area contributed by atoms with Gasteiger partial charge in [-0.1, -0.05) is 89.7 Å². The van der Waals surface area contributed by atoms with Gasteiger partial charge in [-0.25, -0.2) is 8.42 Å². The molecule has 0 aliphatic heterocycles. The number of amides is 1. The molecule has 0 radical (unpaired) electrons. The fraction of sp³-hybridized carbons (Fsp3) is 0.192. The number of hydrogen-bond donors (Lipinski definition) is 2. The van der Waals surface area contributed by atoms with Gasteiger partial charge < -0.3 is 0 Å². The first kappa shape index (κ1) is 24.7. The first-order chi connectivity index (χ1) is 16.7. The Balaban J connectivity index is 1.61. The first-order valence-corrected chi connectivity index (χ1v) is 13.4. The van der Waals surface area contributed by atoms with Gasteiger partial charge in [0.1, 0.15) is 11.0 Å². The van der Waals surface area contributed by atoms with Crippen molar-refractivity contribution in [3.63, 3.8) is 0 Å². The zero-order valence-corrected chi connectivity index (χ0v) is 21.3. The Hall–Kier alpha value is -3.40. The molecule has 180 valence electrons. The number of carbonyl (C=O) groups is 1. The SMILES string of the molecule is Cc1cc(C)c(S(=O)(=O)NC(Cc2ccccc2)C(=O)Nc2nnc(-c3ccccc3)s2)c(C)c1. The van der Waals surface area contributed by atoms with Crippen LogP contribution >= 0.6 is 11.3 Å². The molecule has 0 saturated carbocycles. The molecule has 4 aromatic rings. The van der Waals surface area contributed by atoms with Crippen molar-refractivity contribution in [2.75, 3.05) is 5.32 Å². The molecule has 0 aliphatic carbocycles. The van der Waals surface area contributed by atoms with Crippen LogP contribution in [0, 0.1) is 20.8 Å². The van der Waals surface area contributed by atoms with Crippen LogP contribution in [-0.2, 0) is 21.2 Å². The lowest BCUT2D eigenvalue weighted by atomic mass is 10.1. The maximum Gasteiger partial charge on any atom is 0.244 e. The number of nitrogens with one attached hydrogen (secondary N) is 2. The molecular weight excluding hydrogens is 480 g/mol. The molecule has 1 unspecified atom stereocenters. The van der Waals surface area contributed by atoms with Crippen LogP contribution in [-0.4, -0.2) is 30.6 Å². The summed E-state index contributed by atoms with van der Waals surface area (Å²) in [4.78, 5) is 13.5. The highest BCUT2D eigenvalue weighted by atomic mass is 32.2. The van der Waals surface area contributed by atoms with Crippen molar-refractivity contribution >= 4 is 32.4 Å². The molecule has 0 bridgehead atoms. The minimum atomic E-state index is -3.98. The van der Waals surface area contributed by atoms with Crippen LogP contribution in [0.15, 0.2) is 77.7 Å². The van der Waals surface area contributed by atoms with Gasteiger partial charge >= 0.3 is 0 Å². The van der Waals surface area contributed by atoms with E-state index in [0.717, 1.165) is 16.7 Å². The van der Waals surface area contributed by atoms with E-state index < -0.39 is 22.0 Å². The molecule has 1 atom stereocenters. The van der Waals surface area contributed by atoms with Crippen molar-refractivity contribution < 1.29 is 13.2 Å². The number of hydrogen-bond acceptors (Lipinski definition) is 6. The maximum atomic E-state index is 13.4. The Kier molecular flexibility index (Phi) is 7.39. The van der Waals surface area contributed by atoms with E-state index in [1.54, 1.807) is 13.8 Å². The van der Waals surface area contributed by atoms with Crippen molar-refractivity contribution in [2.24, 2.45) is 0 Å². The summed E-state index contributed by atoms with van der Waals surface area (Å²) >= 11 is 1.23. The van der Waals surface area contributed by atoms with Gasteiger partial charge in [-0.05, 0) is 43.9 Å². The molecule has 3 aromatic carbocycles. The normalized spacial score (nSPS) is 12.3. The standard InChI is InChI=1S/C26H26N4O3S2/c1-17-14-18(2)23(19(3)15-17)35(32,33)30-22(16-20-10-6-4-7-11-20)24(31)27-26-29-28-25(34-26)21-12-8-5-9-13-21/h4-15,22,30H,16H2,1-3H3,(H,27,29,31). The summed E-state index contributed by atoms with van der Waals surface area (Å²) in [7, 11) is -3.98. The van der Waals surface area contributed by atoms with Crippen molar-refractivity contribution in [2.45, 2.75) is 38.1 Å². The lowest BCUT2D eigenvalue weighted by Crippen LogP contribution is -2.45. The van der Waals surface area contributed by atoms with E-state index >= 15 is 0 Å². The van der Waals surface area contributed by atoms with Gasteiger partial charge in [0, 0.05) is 5.56 Å². The molecule has 0 fully saturated rings. The van der Waals surface area contributed by atoms with Gasteiger partial charge in [-0.3, -0.25) is 10.1 Å². The van der Waals surface area contributed by atoms with E-state index in [-0.39, 0.29) is 11.3 Å². The molecule has 1 amide bonds. The van der Waals surface area contributed by atoms with Gasteiger partial charge in [-0.15, -0.1) is 10.2 Å². The fourth-order valence-corrected chi connectivity index (χ4v) is 6.44. The number of nitrogens with zero attached hydrogens (tertiary/aromatic N) is 2. The second-order valence-electron chi connectivity index (χ2n) is 8.36. The van der Waals surface area contributed by atoms with Crippen LogP contribution in [0.1, 0.15) is 22.3 Å². The molecular formula is C26H26N4O3S2. The van der Waals surface area contributed by atoms with Gasteiger partial charge in [0.2, 0.25) is 21.1 Å². The highest BCUT2D eigenvalue weighted by Crippen LogP contribution is 2.26. The quantitative estimate of drug-likeness (QED) is 0.362. The number of sulfonamides is 1. The minimum Gasteiger partial charge on any atom is -0.299 e. The van der Waals surface area contributed by atoms with Crippen molar-refractivity contribution in [1.82, 2.24) is 14.9 Å². The Morgan fingerprint density at radius 1 is 0.914 bits per heavy atom. The van der Waals surface area contributed by atoms with E-state index in [9.17, 15) is 13.2 Å². The molecule has 0 saturated heterocycles. The van der Waals surface area contributed by atoms with Crippen molar-refractivity contribution in [3.8, 4) is 10.6 Å². The van der Waals surface area contributed by atoms with Crippen LogP contribution in [0.2, 0.25) is 0 Å². The third kappa shape index (κ3) is 6.00. The molecule has 1 heterocycles. The summed E-state index contributed by atoms with van der Waals surface area (Å²) in [5.41, 5.74) is 3.95. The molecule has 35 heavy (non-hydrogen) atoms. The monoisotopic (exact) mass is 506 g/mol. The van der Waals surface area contributed by atoms with Gasteiger partial charge in [-0.2, -0.15) is 4.72 Å². The molecule has 2 N–H and O–H groups in total. The van der Waals surface area contributed by atoms with Crippen molar-refractivity contribution in [3.05, 3.63) is 95.1 Å². The Morgan fingerprint density at radius 3 is 2.14 bits per heavy atom. The van der Waals surface area contributed by atoms with Gasteiger partial charge in [0.15, 0.2) is 0 Å². The van der Waals surface area contributed by atoms with Crippen LogP contribution in [0.3, 0.4) is 0 Å². The van der Waals surface area contributed by atoms with E-state index in [4.69, 9.17) is 0 Å². The number of anilines is 1. The summed E-state index contributed by atoms with van der Waals surface area (Å²) < 4.78 is 29.5. The predicted octanol–water partition coefficient (Wildman–Crippen LogP) is 4.66. The third-order valence-electron chi connectivity index (χ3n) is 5.45. The zero-order valence-electron chi connectivity index (χ0n) is 19.6. The second kappa shape index (κ2) is 10.5. The number of aromatic nitrogens is 2. The summed E-state index contributed by atoms with van der Waals surface area (Å²) in [5.74, 6) is -0.504. The van der Waals surface area contributed by atoms with Gasteiger partial charge in [0.05, 0.1) is 4.90 Å². The fourth-order valence-electron chi connectivity index (χ4n) is 4.04. The lowest BCUT2D eigenvalue weighted by Gasteiger charge is -2.20. The summed E-state index contributed by atoms with van der Waals surface area (Å²) in [6, 6.07) is 21.4. The average molecular weight is 507 g/mol. The highest BCUT2D eigenvalue weighted by molar-refractivity contribution is 7.89. The Bertz CT molecular complexity index is 1410. The molecule has 4 rings (SSSR count). The third-order valence-corrected chi connectivity index (χ3v) is 8.11. The second-order valence-corrected chi connectivity index (χ2v) is 11.0. The van der Waals surface area contributed by atoms with E-state index in [1.165, 1.54) is 11.3 Å². The topological polar surface area (TPSA) is 101 Å². The van der Waals surface area contributed by atoms with E-state index in [1.807, 2.05) is 79.7 Å². The highest BCUT2D eigenvalue weighted by Gasteiger charge is 2.29. The zero-order chi connectivity index (χ0) is 25.0. The molecule has 1 aromatic heterocycles. The number of carbonyl (C=O) groups excluding carboxylic acids is 1. The first-order valence-electron chi connectivity index (χ1n) is 11.1. The number of benzene rings is 3.